The fraction of sp³-hybridized carbons (Fsp3) is 0.467. The van der Waals surface area contributed by atoms with Crippen LogP contribution in [0.15, 0.2) is 91.1 Å². The minimum atomic E-state index is -3.51. The number of para-hydroxylation sites is 1. The van der Waals surface area contributed by atoms with Crippen LogP contribution in [0, 0.1) is 5.92 Å². The van der Waals surface area contributed by atoms with Gasteiger partial charge in [-0.2, -0.15) is 10.2 Å². The molecule has 1 unspecified atom stereocenters. The van der Waals surface area contributed by atoms with E-state index in [4.69, 9.17) is 0 Å². The summed E-state index contributed by atoms with van der Waals surface area (Å²) in [6, 6.07) is 27.7. The fourth-order valence-electron chi connectivity index (χ4n) is 9.48. The highest BCUT2D eigenvalue weighted by molar-refractivity contribution is 7.90. The first-order chi connectivity index (χ1) is 28.2. The Kier molecular flexibility index (Phi) is 12.1. The van der Waals surface area contributed by atoms with Crippen molar-refractivity contribution in [3.8, 4) is 17.0 Å². The van der Waals surface area contributed by atoms with Crippen molar-refractivity contribution in [2.45, 2.75) is 74.4 Å². The number of rotatable bonds is 12. The third-order valence-corrected chi connectivity index (χ3v) is 15.1. The SMILES string of the molecule is O=C1CCC(c2ccc(N3CCC(CCN4CCC(S(=O)(=O)NCC5(c6ccccc6)CCN(c6cnnc(-c7ccccc7O)c6)CC5)CC4)CC3)cc2)C(=O)N1. The van der Waals surface area contributed by atoms with Crippen molar-refractivity contribution in [3.63, 3.8) is 0 Å². The fourth-order valence-corrected chi connectivity index (χ4v) is 11.0. The second kappa shape index (κ2) is 17.6. The number of aromatic hydroxyl groups is 1. The number of carbonyl (C=O) groups is 2. The number of benzene rings is 3. The first-order valence-electron chi connectivity index (χ1n) is 21.0. The van der Waals surface area contributed by atoms with E-state index in [1.54, 1.807) is 18.3 Å². The van der Waals surface area contributed by atoms with Crippen molar-refractivity contribution in [2.24, 2.45) is 5.92 Å². The predicted molar refractivity (Wildman–Crippen MR) is 226 cm³/mol. The van der Waals surface area contributed by atoms with Gasteiger partial charge in [-0.3, -0.25) is 14.9 Å². The molecule has 306 valence electrons. The minimum Gasteiger partial charge on any atom is -0.507 e. The third-order valence-electron chi connectivity index (χ3n) is 13.2. The molecule has 4 saturated heterocycles. The molecule has 0 saturated carbocycles. The number of nitrogens with zero attached hydrogens (tertiary/aromatic N) is 5. The Labute approximate surface area is 342 Å². The summed E-state index contributed by atoms with van der Waals surface area (Å²) in [5.41, 5.74) is 5.15. The van der Waals surface area contributed by atoms with E-state index >= 15 is 0 Å². The van der Waals surface area contributed by atoms with Crippen LogP contribution in [0.25, 0.3) is 11.3 Å². The Bertz CT molecular complexity index is 2150. The van der Waals surface area contributed by atoms with Crippen molar-refractivity contribution in [2.75, 3.05) is 62.2 Å². The summed E-state index contributed by atoms with van der Waals surface area (Å²) >= 11 is 0. The first-order valence-corrected chi connectivity index (χ1v) is 22.5. The molecule has 8 rings (SSSR count). The van der Waals surface area contributed by atoms with Crippen LogP contribution in [-0.2, 0) is 25.0 Å². The number of amides is 2. The summed E-state index contributed by atoms with van der Waals surface area (Å²) in [5.74, 6) is 0.167. The monoisotopic (exact) mass is 805 g/mol. The number of aromatic nitrogens is 2. The maximum Gasteiger partial charge on any atom is 0.234 e. The molecule has 58 heavy (non-hydrogen) atoms. The van der Waals surface area contributed by atoms with Crippen LogP contribution in [0.3, 0.4) is 0 Å². The van der Waals surface area contributed by atoms with E-state index in [9.17, 15) is 23.1 Å². The van der Waals surface area contributed by atoms with Crippen LogP contribution >= 0.6 is 0 Å². The van der Waals surface area contributed by atoms with Crippen molar-refractivity contribution in [1.29, 1.82) is 0 Å². The van der Waals surface area contributed by atoms with Gasteiger partial charge in [-0.15, -0.1) is 0 Å². The van der Waals surface area contributed by atoms with Crippen LogP contribution in [0.2, 0.25) is 0 Å². The van der Waals surface area contributed by atoms with E-state index in [1.165, 1.54) is 5.69 Å². The Hall–Kier alpha value is -4.85. The van der Waals surface area contributed by atoms with Crippen molar-refractivity contribution in [3.05, 3.63) is 102 Å². The van der Waals surface area contributed by atoms with Gasteiger partial charge in [0.2, 0.25) is 21.8 Å². The normalized spacial score (nSPS) is 21.2. The lowest BCUT2D eigenvalue weighted by atomic mass is 9.73. The van der Waals surface area contributed by atoms with Gasteiger partial charge in [-0.1, -0.05) is 54.6 Å². The van der Waals surface area contributed by atoms with Gasteiger partial charge in [0.15, 0.2) is 0 Å². The molecular weight excluding hydrogens is 751 g/mol. The molecule has 12 nitrogen and oxygen atoms in total. The Morgan fingerprint density at radius 1 is 0.793 bits per heavy atom. The highest BCUT2D eigenvalue weighted by atomic mass is 32.2. The molecular formula is C45H55N7O5S. The Balaban J connectivity index is 0.798. The van der Waals surface area contributed by atoms with Crippen molar-refractivity contribution < 1.29 is 23.1 Å². The summed E-state index contributed by atoms with van der Waals surface area (Å²) in [5, 5.41) is 21.0. The number of piperidine rings is 4. The van der Waals surface area contributed by atoms with E-state index in [2.05, 4.69) is 59.2 Å². The molecule has 5 heterocycles. The third kappa shape index (κ3) is 9.06. The molecule has 13 heteroatoms. The molecule has 4 aromatic rings. The summed E-state index contributed by atoms with van der Waals surface area (Å²) in [6.07, 6.45) is 8.93. The summed E-state index contributed by atoms with van der Waals surface area (Å²) in [4.78, 5) is 31.0. The number of hydrogen-bond donors (Lipinski definition) is 3. The molecule has 4 fully saturated rings. The molecule has 1 aromatic heterocycles. The number of anilines is 2. The average Bonchev–Trinajstić information content (AvgIpc) is 3.26. The first kappa shape index (κ1) is 40.0. The van der Waals surface area contributed by atoms with E-state index in [-0.39, 0.29) is 28.9 Å². The second-order valence-corrected chi connectivity index (χ2v) is 18.7. The molecule has 0 aliphatic carbocycles. The maximum absolute atomic E-state index is 13.9. The highest BCUT2D eigenvalue weighted by Crippen LogP contribution is 2.38. The van der Waals surface area contributed by atoms with E-state index in [0.29, 0.717) is 49.4 Å². The van der Waals surface area contributed by atoms with Crippen LogP contribution in [0.4, 0.5) is 11.4 Å². The lowest BCUT2D eigenvalue weighted by Gasteiger charge is -2.43. The Morgan fingerprint density at radius 2 is 1.48 bits per heavy atom. The number of likely N-dealkylation sites (tertiary alicyclic amines) is 1. The van der Waals surface area contributed by atoms with Crippen LogP contribution in [-0.4, -0.2) is 98.0 Å². The minimum absolute atomic E-state index is 0.164. The lowest BCUT2D eigenvalue weighted by molar-refractivity contribution is -0.134. The number of phenols is 1. The molecule has 2 amide bonds. The standard InChI is InChI=1S/C45H55N7O5S/c53-42-9-5-4-8-40(42)41-30-37(31-46-49-41)52-28-21-45(22-29-52,35-6-2-1-3-7-35)32-47-58(56,57)38-19-24-50(25-20-38)23-16-33-17-26-51(27-18-33)36-12-10-34(11-13-36)39-14-15-43(54)48-44(39)55/h1-13,30-31,33,38-39,47,53H,14-29,32H2,(H,48,54,55). The molecule has 3 N–H and O–H groups in total. The van der Waals surface area contributed by atoms with Crippen LogP contribution in [0.5, 0.6) is 5.75 Å². The molecule has 0 bridgehead atoms. The maximum atomic E-state index is 13.9. The molecule has 1 atom stereocenters. The molecule has 3 aromatic carbocycles. The largest absolute Gasteiger partial charge is 0.507 e. The van der Waals surface area contributed by atoms with E-state index in [0.717, 1.165) is 94.7 Å². The van der Waals surface area contributed by atoms with E-state index in [1.807, 2.05) is 48.5 Å². The van der Waals surface area contributed by atoms with Gasteiger partial charge in [-0.05, 0) is 118 Å². The van der Waals surface area contributed by atoms with Crippen LogP contribution in [0.1, 0.15) is 74.8 Å². The number of carbonyl (C=O) groups excluding carboxylic acids is 2. The second-order valence-electron chi connectivity index (χ2n) is 16.7. The quantitative estimate of drug-likeness (QED) is 0.155. The number of sulfonamides is 1. The average molecular weight is 806 g/mol. The van der Waals surface area contributed by atoms with Gasteiger partial charge in [-0.25, -0.2) is 13.1 Å². The molecule has 0 radical (unpaired) electrons. The van der Waals surface area contributed by atoms with E-state index < -0.39 is 15.3 Å². The number of nitrogens with one attached hydrogen (secondary N) is 2. The number of phenolic OH excluding ortho intramolecular Hbond substituents is 1. The zero-order chi connectivity index (χ0) is 40.1. The summed E-state index contributed by atoms with van der Waals surface area (Å²) in [6.45, 7) is 6.43. The van der Waals surface area contributed by atoms with Crippen molar-refractivity contribution in [1.82, 2.24) is 25.1 Å². The number of hydrogen-bond acceptors (Lipinski definition) is 10. The zero-order valence-corrected chi connectivity index (χ0v) is 34.0. The summed E-state index contributed by atoms with van der Waals surface area (Å²) < 4.78 is 30.8. The molecule has 4 aliphatic rings. The van der Waals surface area contributed by atoms with Gasteiger partial charge in [0.05, 0.1) is 28.7 Å². The highest BCUT2D eigenvalue weighted by Gasteiger charge is 2.39. The zero-order valence-electron chi connectivity index (χ0n) is 33.1. The summed E-state index contributed by atoms with van der Waals surface area (Å²) in [7, 11) is -3.51. The molecule has 4 aliphatic heterocycles. The van der Waals surface area contributed by atoms with Gasteiger partial charge in [0, 0.05) is 55.8 Å². The van der Waals surface area contributed by atoms with Gasteiger partial charge in [0.25, 0.3) is 0 Å². The van der Waals surface area contributed by atoms with Gasteiger partial charge < -0.3 is 19.8 Å². The number of imide groups is 1. The smallest absolute Gasteiger partial charge is 0.234 e. The predicted octanol–water partition coefficient (Wildman–Crippen LogP) is 5.60. The topological polar surface area (TPSA) is 148 Å². The van der Waals surface area contributed by atoms with Crippen LogP contribution < -0.4 is 19.8 Å². The molecule has 0 spiro atoms. The lowest BCUT2D eigenvalue weighted by Crippen LogP contribution is -2.51. The van der Waals surface area contributed by atoms with Gasteiger partial charge in [0.1, 0.15) is 5.75 Å². The Morgan fingerprint density at radius 3 is 2.19 bits per heavy atom. The van der Waals surface area contributed by atoms with Gasteiger partial charge >= 0.3 is 0 Å². The van der Waals surface area contributed by atoms with Crippen molar-refractivity contribution >= 4 is 33.2 Å².